The number of morpholine rings is 1. The molecular formula is C29H34F3N5O5S. The predicted molar refractivity (Wildman–Crippen MR) is 153 cm³/mol. The molecule has 1 fully saturated rings. The minimum atomic E-state index is -4.61. The molecule has 232 valence electrons. The van der Waals surface area contributed by atoms with Gasteiger partial charge in [-0.15, -0.1) is 16.4 Å². The minimum Gasteiger partial charge on any atom is -0.491 e. The zero-order chi connectivity index (χ0) is 31.4. The van der Waals surface area contributed by atoms with Crippen molar-refractivity contribution in [2.75, 3.05) is 26.3 Å². The number of nitrogens with one attached hydrogen (secondary N) is 1. The summed E-state index contributed by atoms with van der Waals surface area (Å²) in [7, 11) is 0. The van der Waals surface area contributed by atoms with Gasteiger partial charge < -0.3 is 24.4 Å². The smallest absolute Gasteiger partial charge is 0.435 e. The van der Waals surface area contributed by atoms with Gasteiger partial charge in [-0.1, -0.05) is 6.92 Å². The summed E-state index contributed by atoms with van der Waals surface area (Å²) in [4.78, 5) is 33.0. The molecule has 0 unspecified atom stereocenters. The van der Waals surface area contributed by atoms with Crippen LogP contribution in [0.5, 0.6) is 5.75 Å². The topological polar surface area (TPSA) is 116 Å². The van der Waals surface area contributed by atoms with Gasteiger partial charge in [0.25, 0.3) is 5.91 Å². The van der Waals surface area contributed by atoms with E-state index < -0.39 is 41.6 Å². The van der Waals surface area contributed by atoms with Crippen molar-refractivity contribution in [2.24, 2.45) is 0 Å². The lowest BCUT2D eigenvalue weighted by Crippen LogP contribution is -2.49. The summed E-state index contributed by atoms with van der Waals surface area (Å²) in [5.74, 6) is -0.103. The quantitative estimate of drug-likeness (QED) is 0.341. The number of hydrogen-bond acceptors (Lipinski definition) is 9. The Hall–Kier alpha value is -3.78. The van der Waals surface area contributed by atoms with Crippen LogP contribution < -0.4 is 10.1 Å². The molecule has 2 amide bonds. The maximum absolute atomic E-state index is 13.3. The number of nitrogens with zero attached hydrogens (tertiary/aromatic N) is 4. The Morgan fingerprint density at radius 1 is 1.19 bits per heavy atom. The molecule has 1 aromatic carbocycles. The number of carbonyl (C=O) groups is 2. The lowest BCUT2D eigenvalue weighted by Gasteiger charge is -2.34. The van der Waals surface area contributed by atoms with E-state index in [1.807, 2.05) is 6.92 Å². The van der Waals surface area contributed by atoms with E-state index in [9.17, 15) is 22.8 Å². The molecule has 1 aliphatic rings. The molecule has 0 spiro atoms. The van der Waals surface area contributed by atoms with Crippen LogP contribution in [0.3, 0.4) is 0 Å². The highest BCUT2D eigenvalue weighted by Gasteiger charge is 2.33. The third kappa shape index (κ3) is 8.86. The van der Waals surface area contributed by atoms with Crippen molar-refractivity contribution in [3.8, 4) is 16.3 Å². The number of aryl methyl sites for hydroxylation is 1. The molecule has 10 nitrogen and oxygen atoms in total. The Labute approximate surface area is 251 Å². The van der Waals surface area contributed by atoms with Gasteiger partial charge in [-0.25, -0.2) is 9.78 Å². The number of ether oxygens (including phenoxy) is 3. The van der Waals surface area contributed by atoms with Gasteiger partial charge in [0.2, 0.25) is 0 Å². The van der Waals surface area contributed by atoms with Crippen LogP contribution in [0, 0.1) is 0 Å². The molecule has 0 radical (unpaired) electrons. The fourth-order valence-electron chi connectivity index (χ4n) is 4.12. The number of halogens is 3. The first kappa shape index (κ1) is 32.1. The Morgan fingerprint density at radius 3 is 2.58 bits per heavy atom. The van der Waals surface area contributed by atoms with Gasteiger partial charge in [-0.3, -0.25) is 4.79 Å². The number of carbonyl (C=O) groups excluding carboxylic acids is 2. The van der Waals surface area contributed by atoms with Crippen molar-refractivity contribution in [2.45, 2.75) is 65.0 Å². The van der Waals surface area contributed by atoms with Crippen molar-refractivity contribution < 1.29 is 37.0 Å². The largest absolute Gasteiger partial charge is 0.491 e. The first-order valence-electron chi connectivity index (χ1n) is 13.8. The molecule has 14 heteroatoms. The number of hydrogen-bond donors (Lipinski definition) is 1. The summed E-state index contributed by atoms with van der Waals surface area (Å²) in [6.45, 7) is 10.1. The molecule has 2 atom stereocenters. The average Bonchev–Trinajstić information content (AvgIpc) is 3.44. The van der Waals surface area contributed by atoms with Gasteiger partial charge >= 0.3 is 12.3 Å². The molecule has 1 N–H and O–H groups in total. The van der Waals surface area contributed by atoms with Crippen LogP contribution in [0.1, 0.15) is 67.3 Å². The molecule has 3 heterocycles. The number of benzene rings is 1. The second-order valence-electron chi connectivity index (χ2n) is 11.0. The highest BCUT2D eigenvalue weighted by atomic mass is 32.1. The van der Waals surface area contributed by atoms with Crippen molar-refractivity contribution in [3.05, 3.63) is 58.4 Å². The lowest BCUT2D eigenvalue weighted by molar-refractivity contribution is -0.141. The number of rotatable bonds is 8. The van der Waals surface area contributed by atoms with Gasteiger partial charge in [0.15, 0.2) is 5.69 Å². The van der Waals surface area contributed by atoms with Crippen LogP contribution in [0.2, 0.25) is 0 Å². The molecule has 0 saturated carbocycles. The summed E-state index contributed by atoms with van der Waals surface area (Å²) in [6.07, 6.45) is -2.88. The Morgan fingerprint density at radius 2 is 1.95 bits per heavy atom. The zero-order valence-corrected chi connectivity index (χ0v) is 25.3. The molecule has 0 bridgehead atoms. The Balaban J connectivity index is 1.50. The second-order valence-corrected chi connectivity index (χ2v) is 12.1. The normalized spacial score (nSPS) is 16.5. The van der Waals surface area contributed by atoms with Crippen LogP contribution in [0.4, 0.5) is 18.0 Å². The minimum absolute atomic E-state index is 0.111. The van der Waals surface area contributed by atoms with Gasteiger partial charge in [0, 0.05) is 28.7 Å². The van der Waals surface area contributed by atoms with Crippen molar-refractivity contribution in [3.63, 3.8) is 0 Å². The SMILES string of the molecule is CCc1cnc(-c2cc(OC[C@@H]3CN(C(=O)OC(C)(C)C)CCO3)cc(C(=O)N[C@H](C)c3ccc(C(F)(F)F)nn3)c2)s1. The summed E-state index contributed by atoms with van der Waals surface area (Å²) >= 11 is 1.49. The molecule has 0 aliphatic carbocycles. The predicted octanol–water partition coefficient (Wildman–Crippen LogP) is 5.69. The van der Waals surface area contributed by atoms with E-state index in [-0.39, 0.29) is 24.4 Å². The molecule has 4 rings (SSSR count). The zero-order valence-electron chi connectivity index (χ0n) is 24.5. The third-order valence-electron chi connectivity index (χ3n) is 6.31. The number of amides is 2. The summed E-state index contributed by atoms with van der Waals surface area (Å²) < 4.78 is 55.9. The van der Waals surface area contributed by atoms with Crippen LogP contribution in [0.25, 0.3) is 10.6 Å². The van der Waals surface area contributed by atoms with E-state index in [0.717, 1.165) is 17.4 Å². The maximum atomic E-state index is 13.3. The monoisotopic (exact) mass is 621 g/mol. The van der Waals surface area contributed by atoms with E-state index in [1.165, 1.54) is 17.4 Å². The van der Waals surface area contributed by atoms with Gasteiger partial charge in [0.1, 0.15) is 29.1 Å². The van der Waals surface area contributed by atoms with Crippen molar-refractivity contribution in [1.82, 2.24) is 25.4 Å². The van der Waals surface area contributed by atoms with E-state index in [1.54, 1.807) is 57.0 Å². The molecule has 3 aromatic rings. The highest BCUT2D eigenvalue weighted by molar-refractivity contribution is 7.15. The van der Waals surface area contributed by atoms with Crippen LogP contribution in [0.15, 0.2) is 36.5 Å². The molecule has 1 aliphatic heterocycles. The summed E-state index contributed by atoms with van der Waals surface area (Å²) in [5.41, 5.74) is -0.648. The summed E-state index contributed by atoms with van der Waals surface area (Å²) in [6, 6.07) is 6.28. The molecule has 43 heavy (non-hydrogen) atoms. The van der Waals surface area contributed by atoms with E-state index >= 15 is 0 Å². The van der Waals surface area contributed by atoms with Gasteiger partial charge in [-0.05, 0) is 64.4 Å². The third-order valence-corrected chi connectivity index (χ3v) is 7.50. The Kier molecular flexibility index (Phi) is 9.90. The molecule has 1 saturated heterocycles. The number of thiazole rings is 1. The summed E-state index contributed by atoms with van der Waals surface area (Å²) in [5, 5.41) is 10.3. The second kappa shape index (κ2) is 13.2. The van der Waals surface area contributed by atoms with Crippen LogP contribution in [-0.4, -0.2) is 70.1 Å². The lowest BCUT2D eigenvalue weighted by atomic mass is 10.1. The van der Waals surface area contributed by atoms with E-state index in [4.69, 9.17) is 14.2 Å². The molecular weight excluding hydrogens is 587 g/mol. The van der Waals surface area contributed by atoms with Gasteiger partial charge in [0.05, 0.1) is 24.9 Å². The first-order valence-corrected chi connectivity index (χ1v) is 14.6. The fraction of sp³-hybridized carbons (Fsp3) is 0.483. The van der Waals surface area contributed by atoms with Crippen molar-refractivity contribution in [1.29, 1.82) is 0 Å². The highest BCUT2D eigenvalue weighted by Crippen LogP contribution is 2.31. The van der Waals surface area contributed by atoms with Crippen LogP contribution in [-0.2, 0) is 22.1 Å². The van der Waals surface area contributed by atoms with Gasteiger partial charge in [-0.2, -0.15) is 18.3 Å². The first-order chi connectivity index (χ1) is 20.2. The van der Waals surface area contributed by atoms with E-state index in [2.05, 4.69) is 20.5 Å². The van der Waals surface area contributed by atoms with E-state index in [0.29, 0.717) is 29.5 Å². The molecule has 2 aromatic heterocycles. The average molecular weight is 622 g/mol. The standard InChI is InChI=1S/C29H34F3N5O5S/c1-6-22-14-33-26(43-22)19-11-18(25(38)34-17(2)23-7-8-24(36-35-23)29(30,31)32)12-20(13-19)41-16-21-15-37(9-10-40-21)27(39)42-28(3,4)5/h7-8,11-14,17,21H,6,9-10,15-16H2,1-5H3,(H,34,38)/t17-,21+/m1/s1. The number of aromatic nitrogens is 3. The van der Waals surface area contributed by atoms with Crippen LogP contribution >= 0.6 is 11.3 Å². The number of alkyl halides is 3. The van der Waals surface area contributed by atoms with Crippen molar-refractivity contribution >= 4 is 23.3 Å². The fourth-order valence-corrected chi connectivity index (χ4v) is 4.96. The Bertz CT molecular complexity index is 1430. The maximum Gasteiger partial charge on any atom is 0.435 e.